The lowest BCUT2D eigenvalue weighted by molar-refractivity contribution is 0.192. The van der Waals surface area contributed by atoms with Gasteiger partial charge in [0.1, 0.15) is 5.75 Å². The van der Waals surface area contributed by atoms with Crippen LogP contribution in [0.25, 0.3) is 0 Å². The first-order valence-electron chi connectivity index (χ1n) is 8.36. The molecule has 1 aromatic rings. The molecule has 1 aromatic carbocycles. The third kappa shape index (κ3) is 3.12. The third-order valence-electron chi connectivity index (χ3n) is 5.39. The number of nitrogens with one attached hydrogen (secondary N) is 1. The number of rotatable bonds is 4. The molecule has 1 unspecified atom stereocenters. The van der Waals surface area contributed by atoms with Crippen molar-refractivity contribution in [1.29, 1.82) is 0 Å². The fourth-order valence-electron chi connectivity index (χ4n) is 4.18. The number of methoxy groups -OCH3 is 1. The molecule has 0 radical (unpaired) electrons. The number of hydrogen-bond donors (Lipinski definition) is 1. The Labute approximate surface area is 145 Å². The number of ether oxygens (including phenoxy) is 1. The van der Waals surface area contributed by atoms with Gasteiger partial charge in [-0.25, -0.2) is 4.72 Å². The molecule has 3 heterocycles. The fraction of sp³-hybridized carbons (Fsp3) is 0.647. The van der Waals surface area contributed by atoms with Crippen LogP contribution in [0.4, 0.5) is 5.69 Å². The molecule has 2 bridgehead atoms. The zero-order valence-electron chi connectivity index (χ0n) is 14.8. The average Bonchev–Trinajstić information content (AvgIpc) is 2.82. The highest BCUT2D eigenvalue weighted by atomic mass is 32.2. The standard InChI is InChI=1S/C17H27N3O3S/c1-17(2)9-13-10-19(24(21,22)18-3)12-16(17)20(11-13)14-5-7-15(23-4)8-6-14/h5-8,13,16,18H,9-12H2,1-4H3/t13-,16?/m1/s1. The second-order valence-corrected chi connectivity index (χ2v) is 9.33. The quantitative estimate of drug-likeness (QED) is 0.895. The lowest BCUT2D eigenvalue weighted by atomic mass is 9.73. The summed E-state index contributed by atoms with van der Waals surface area (Å²) in [6, 6.07) is 8.19. The molecule has 1 N–H and O–H groups in total. The summed E-state index contributed by atoms with van der Waals surface area (Å²) in [5.41, 5.74) is 1.18. The summed E-state index contributed by atoms with van der Waals surface area (Å²) >= 11 is 0. The number of piperidine rings is 1. The zero-order chi connectivity index (χ0) is 17.5. The van der Waals surface area contributed by atoms with Crippen molar-refractivity contribution in [3.8, 4) is 5.75 Å². The van der Waals surface area contributed by atoms with Crippen LogP contribution in [0.2, 0.25) is 0 Å². The maximum Gasteiger partial charge on any atom is 0.279 e. The Bertz CT molecular complexity index is 688. The third-order valence-corrected chi connectivity index (χ3v) is 6.88. The lowest BCUT2D eigenvalue weighted by Crippen LogP contribution is -2.54. The Balaban J connectivity index is 1.95. The van der Waals surface area contributed by atoms with Gasteiger partial charge < -0.3 is 9.64 Å². The van der Waals surface area contributed by atoms with Crippen LogP contribution >= 0.6 is 0 Å². The van der Waals surface area contributed by atoms with Gasteiger partial charge in [0.25, 0.3) is 10.2 Å². The molecule has 3 aliphatic rings. The first kappa shape index (κ1) is 17.5. The van der Waals surface area contributed by atoms with Gasteiger partial charge in [-0.15, -0.1) is 0 Å². The molecule has 7 heteroatoms. The normalized spacial score (nSPS) is 27.1. The van der Waals surface area contributed by atoms with E-state index in [0.717, 1.165) is 24.4 Å². The van der Waals surface area contributed by atoms with Crippen LogP contribution in [0.15, 0.2) is 24.3 Å². The van der Waals surface area contributed by atoms with Crippen molar-refractivity contribution >= 4 is 15.9 Å². The summed E-state index contributed by atoms with van der Waals surface area (Å²) in [6.45, 7) is 6.47. The highest BCUT2D eigenvalue weighted by Crippen LogP contribution is 2.43. The Morgan fingerprint density at radius 1 is 1.17 bits per heavy atom. The second-order valence-electron chi connectivity index (χ2n) is 7.45. The number of fused-ring (bicyclic) bond motifs is 4. The molecule has 3 aliphatic heterocycles. The van der Waals surface area contributed by atoms with Crippen LogP contribution in [0.5, 0.6) is 5.75 Å². The maximum atomic E-state index is 12.3. The maximum absolute atomic E-state index is 12.3. The smallest absolute Gasteiger partial charge is 0.279 e. The minimum absolute atomic E-state index is 0.0564. The number of benzene rings is 1. The van der Waals surface area contributed by atoms with Crippen LogP contribution in [-0.2, 0) is 10.2 Å². The van der Waals surface area contributed by atoms with Crippen LogP contribution in [0.1, 0.15) is 20.3 Å². The zero-order valence-corrected chi connectivity index (χ0v) is 15.6. The van der Waals surface area contributed by atoms with E-state index in [0.29, 0.717) is 19.0 Å². The van der Waals surface area contributed by atoms with E-state index < -0.39 is 10.2 Å². The second kappa shape index (κ2) is 6.20. The molecule has 24 heavy (non-hydrogen) atoms. The van der Waals surface area contributed by atoms with Crippen molar-refractivity contribution in [3.05, 3.63) is 24.3 Å². The Kier molecular flexibility index (Phi) is 4.53. The van der Waals surface area contributed by atoms with E-state index in [1.165, 1.54) is 7.05 Å². The summed E-state index contributed by atoms with van der Waals surface area (Å²) in [7, 11) is -0.260. The summed E-state index contributed by atoms with van der Waals surface area (Å²) in [6.07, 6.45) is 1.04. The van der Waals surface area contributed by atoms with Gasteiger partial charge in [0.15, 0.2) is 0 Å². The van der Waals surface area contributed by atoms with E-state index in [1.807, 2.05) is 12.1 Å². The largest absolute Gasteiger partial charge is 0.497 e. The SMILES string of the molecule is CNS(=O)(=O)N1CC2N(c3ccc(OC)cc3)C[C@@H](C1)CC2(C)C. The van der Waals surface area contributed by atoms with Gasteiger partial charge in [-0.05, 0) is 42.0 Å². The van der Waals surface area contributed by atoms with Gasteiger partial charge in [0.05, 0.1) is 7.11 Å². The molecular formula is C17H27N3O3S. The molecule has 3 fully saturated rings. The van der Waals surface area contributed by atoms with Gasteiger partial charge in [-0.2, -0.15) is 12.7 Å². The minimum Gasteiger partial charge on any atom is -0.497 e. The summed E-state index contributed by atoms with van der Waals surface area (Å²) in [4.78, 5) is 2.37. The molecule has 4 rings (SSSR count). The highest BCUT2D eigenvalue weighted by Gasteiger charge is 2.47. The first-order chi connectivity index (χ1) is 11.3. The van der Waals surface area contributed by atoms with E-state index in [2.05, 4.69) is 35.6 Å². The Hall–Kier alpha value is -1.31. The summed E-state index contributed by atoms with van der Waals surface area (Å²) < 4.78 is 34.0. The molecule has 0 saturated carbocycles. The molecular weight excluding hydrogens is 326 g/mol. The first-order valence-corrected chi connectivity index (χ1v) is 9.80. The number of hydrogen-bond acceptors (Lipinski definition) is 4. The van der Waals surface area contributed by atoms with Gasteiger partial charge in [0, 0.05) is 38.4 Å². The van der Waals surface area contributed by atoms with E-state index in [-0.39, 0.29) is 11.5 Å². The van der Waals surface area contributed by atoms with Crippen LogP contribution in [-0.4, -0.2) is 52.6 Å². The van der Waals surface area contributed by atoms with Crippen molar-refractivity contribution < 1.29 is 13.2 Å². The molecule has 0 aromatic heterocycles. The fourth-order valence-corrected chi connectivity index (χ4v) is 5.18. The molecule has 3 saturated heterocycles. The van der Waals surface area contributed by atoms with Crippen molar-refractivity contribution in [3.63, 3.8) is 0 Å². The monoisotopic (exact) mass is 353 g/mol. The van der Waals surface area contributed by atoms with Gasteiger partial charge in [0.2, 0.25) is 0 Å². The summed E-state index contributed by atoms with van der Waals surface area (Å²) in [5, 5.41) is 0. The molecule has 0 amide bonds. The van der Waals surface area contributed by atoms with E-state index in [9.17, 15) is 8.42 Å². The minimum atomic E-state index is -3.40. The topological polar surface area (TPSA) is 61.9 Å². The summed E-state index contributed by atoms with van der Waals surface area (Å²) in [5.74, 6) is 1.15. The van der Waals surface area contributed by atoms with E-state index in [4.69, 9.17) is 4.74 Å². The lowest BCUT2D eigenvalue weighted by Gasteiger charge is -2.48. The predicted molar refractivity (Wildman–Crippen MR) is 95.6 cm³/mol. The Morgan fingerprint density at radius 3 is 2.42 bits per heavy atom. The molecule has 134 valence electrons. The number of anilines is 1. The average molecular weight is 353 g/mol. The van der Waals surface area contributed by atoms with E-state index >= 15 is 0 Å². The van der Waals surface area contributed by atoms with Crippen LogP contribution < -0.4 is 14.4 Å². The Morgan fingerprint density at radius 2 is 1.83 bits per heavy atom. The molecule has 2 atom stereocenters. The predicted octanol–water partition coefficient (Wildman–Crippen LogP) is 1.70. The molecule has 0 spiro atoms. The van der Waals surface area contributed by atoms with E-state index in [1.54, 1.807) is 11.4 Å². The van der Waals surface area contributed by atoms with Gasteiger partial charge in [-0.1, -0.05) is 13.8 Å². The van der Waals surface area contributed by atoms with Crippen LogP contribution in [0, 0.1) is 11.3 Å². The molecule has 6 nitrogen and oxygen atoms in total. The van der Waals surface area contributed by atoms with Crippen molar-refractivity contribution in [1.82, 2.24) is 9.03 Å². The van der Waals surface area contributed by atoms with Gasteiger partial charge in [-0.3, -0.25) is 0 Å². The molecule has 0 aliphatic carbocycles. The van der Waals surface area contributed by atoms with Crippen molar-refractivity contribution in [2.45, 2.75) is 26.3 Å². The van der Waals surface area contributed by atoms with Crippen LogP contribution in [0.3, 0.4) is 0 Å². The van der Waals surface area contributed by atoms with Gasteiger partial charge >= 0.3 is 0 Å². The van der Waals surface area contributed by atoms with Crippen molar-refractivity contribution in [2.75, 3.05) is 38.7 Å². The van der Waals surface area contributed by atoms with Crippen molar-refractivity contribution in [2.24, 2.45) is 11.3 Å². The number of nitrogens with zero attached hydrogens (tertiary/aromatic N) is 2. The highest BCUT2D eigenvalue weighted by molar-refractivity contribution is 7.87.